The van der Waals surface area contributed by atoms with Gasteiger partial charge in [0.2, 0.25) is 5.91 Å². The van der Waals surface area contributed by atoms with Gasteiger partial charge in [0.1, 0.15) is 17.6 Å². The Morgan fingerprint density at radius 1 is 1.13 bits per heavy atom. The molecule has 170 valence electrons. The third-order valence-corrected chi connectivity index (χ3v) is 5.63. The molecule has 0 bridgehead atoms. The largest absolute Gasteiger partial charge is 0.435 e. The van der Waals surface area contributed by atoms with Gasteiger partial charge in [-0.2, -0.15) is 13.4 Å². The number of benzene rings is 1. The maximum atomic E-state index is 12.6. The average Bonchev–Trinajstić information content (AvgIpc) is 3.12. The third kappa shape index (κ3) is 5.61. The maximum absolute atomic E-state index is 12.6. The summed E-state index contributed by atoms with van der Waals surface area (Å²) in [5.41, 5.74) is 5.97. The van der Waals surface area contributed by atoms with Crippen molar-refractivity contribution in [1.29, 1.82) is 0 Å². The van der Waals surface area contributed by atoms with Gasteiger partial charge in [-0.15, -0.1) is 0 Å². The Morgan fingerprint density at radius 3 is 2.03 bits per heavy atom. The number of oxazole rings is 1. The van der Waals surface area contributed by atoms with Crippen LogP contribution in [0.15, 0.2) is 28.0 Å². The highest BCUT2D eigenvalue weighted by atomic mass is 32.2. The van der Waals surface area contributed by atoms with E-state index in [1.54, 1.807) is 12.1 Å². The highest BCUT2D eigenvalue weighted by Gasteiger charge is 2.29. The summed E-state index contributed by atoms with van der Waals surface area (Å²) in [6.45, 7) is 10.3. The van der Waals surface area contributed by atoms with E-state index in [4.69, 9.17) is 10.2 Å². The lowest BCUT2D eigenvalue weighted by Gasteiger charge is -2.21. The van der Waals surface area contributed by atoms with Gasteiger partial charge < -0.3 is 20.6 Å². The number of anilines is 1. The molecule has 1 aromatic carbocycles. The molecule has 1 aromatic heterocycles. The summed E-state index contributed by atoms with van der Waals surface area (Å²) in [4.78, 5) is 28.0. The summed E-state index contributed by atoms with van der Waals surface area (Å²) in [6.07, 6.45) is 1.00. The van der Waals surface area contributed by atoms with E-state index in [0.29, 0.717) is 22.4 Å². The second-order valence-corrected chi connectivity index (χ2v) is 9.88. The van der Waals surface area contributed by atoms with Gasteiger partial charge in [0.15, 0.2) is 0 Å². The fourth-order valence-electron chi connectivity index (χ4n) is 2.85. The molecular weight excluding hydrogens is 424 g/mol. The van der Waals surface area contributed by atoms with Crippen molar-refractivity contribution in [3.05, 3.63) is 40.8 Å². The smallest absolute Gasteiger partial charge is 0.336 e. The number of sulfonamides is 1. The normalized spacial score (nSPS) is 12.3. The molecule has 0 aliphatic carbocycles. The van der Waals surface area contributed by atoms with Crippen LogP contribution in [0.2, 0.25) is 0 Å². The molecule has 0 spiro atoms. The monoisotopic (exact) mass is 452 g/mol. The number of aliphatic hydroxyl groups is 1. The predicted molar refractivity (Wildman–Crippen MR) is 114 cm³/mol. The molecule has 1 heterocycles. The summed E-state index contributed by atoms with van der Waals surface area (Å²) in [6, 6.07) is 2.12. The summed E-state index contributed by atoms with van der Waals surface area (Å²) in [5, 5.41) is 11.7. The number of hydrogen-bond acceptors (Lipinski definition) is 7. The van der Waals surface area contributed by atoms with E-state index in [9.17, 15) is 23.1 Å². The van der Waals surface area contributed by atoms with Crippen molar-refractivity contribution in [2.24, 2.45) is 5.73 Å². The van der Waals surface area contributed by atoms with Crippen LogP contribution in [-0.2, 0) is 15.6 Å². The molecule has 31 heavy (non-hydrogen) atoms. The SMILES string of the molecule is CC(C)c1cc(C(N)=O)cc(C(C)C)c1NC(=O)NS(=O)(=O)c1nc(C(C)(C)O)co1. The van der Waals surface area contributed by atoms with Crippen LogP contribution in [0.4, 0.5) is 10.5 Å². The lowest BCUT2D eigenvalue weighted by Crippen LogP contribution is -2.35. The fraction of sp³-hybridized carbons (Fsp3) is 0.450. The molecule has 0 aliphatic heterocycles. The molecule has 0 saturated heterocycles. The van der Waals surface area contributed by atoms with Gasteiger partial charge in [-0.1, -0.05) is 27.7 Å². The van der Waals surface area contributed by atoms with Crippen molar-refractivity contribution in [2.75, 3.05) is 5.32 Å². The molecule has 0 unspecified atom stereocenters. The molecule has 2 rings (SSSR count). The van der Waals surface area contributed by atoms with Crippen molar-refractivity contribution >= 4 is 27.6 Å². The first kappa shape index (κ1) is 24.4. The number of nitrogens with zero attached hydrogens (tertiary/aromatic N) is 1. The number of hydrogen-bond donors (Lipinski definition) is 4. The number of carbonyl (C=O) groups excluding carboxylic acids is 2. The van der Waals surface area contributed by atoms with Crippen LogP contribution in [0.25, 0.3) is 0 Å². The fourth-order valence-corrected chi connectivity index (χ4v) is 3.63. The molecule has 2 aromatic rings. The Labute approximate surface area is 181 Å². The predicted octanol–water partition coefficient (Wildman–Crippen LogP) is 2.76. The second-order valence-electron chi connectivity index (χ2n) is 8.32. The summed E-state index contributed by atoms with van der Waals surface area (Å²) < 4.78 is 31.7. The number of carbonyl (C=O) groups is 2. The number of nitrogens with one attached hydrogen (secondary N) is 2. The van der Waals surface area contributed by atoms with Gasteiger partial charge in [-0.25, -0.2) is 9.52 Å². The Morgan fingerprint density at radius 2 is 1.65 bits per heavy atom. The standard InChI is InChI=1S/C20H28N4O6S/c1-10(2)13-7-12(17(21)25)8-14(11(3)4)16(13)23-18(26)24-31(28,29)19-22-15(9-30-19)20(5,6)27/h7-11,27H,1-6H3,(H2,21,25)(H2,23,24,26). The van der Waals surface area contributed by atoms with E-state index < -0.39 is 32.8 Å². The average molecular weight is 453 g/mol. The first-order valence-corrected chi connectivity index (χ1v) is 11.1. The number of rotatable bonds is 7. The minimum Gasteiger partial charge on any atom is -0.435 e. The van der Waals surface area contributed by atoms with Gasteiger partial charge in [0.25, 0.3) is 0 Å². The molecule has 3 amide bonds. The minimum atomic E-state index is -4.43. The molecule has 11 heteroatoms. The van der Waals surface area contributed by atoms with Gasteiger partial charge in [0.05, 0.1) is 0 Å². The number of aromatic nitrogens is 1. The zero-order valence-electron chi connectivity index (χ0n) is 18.3. The van der Waals surface area contributed by atoms with Crippen LogP contribution in [0.3, 0.4) is 0 Å². The lowest BCUT2D eigenvalue weighted by molar-refractivity contribution is 0.0736. The van der Waals surface area contributed by atoms with E-state index >= 15 is 0 Å². The minimum absolute atomic E-state index is 0.000452. The Kier molecular flexibility index (Phi) is 6.81. The topological polar surface area (TPSA) is 165 Å². The lowest BCUT2D eigenvalue weighted by atomic mass is 9.90. The molecule has 0 atom stereocenters. The van der Waals surface area contributed by atoms with Gasteiger partial charge >= 0.3 is 21.3 Å². The molecule has 5 N–H and O–H groups in total. The van der Waals surface area contributed by atoms with Crippen LogP contribution in [0.1, 0.15) is 80.6 Å². The highest BCUT2D eigenvalue weighted by molar-refractivity contribution is 7.89. The van der Waals surface area contributed by atoms with Crippen molar-refractivity contribution in [2.45, 2.75) is 64.2 Å². The molecule has 0 saturated carbocycles. The van der Waals surface area contributed by atoms with E-state index in [1.807, 2.05) is 32.4 Å². The first-order valence-electron chi connectivity index (χ1n) is 9.63. The number of primary amides is 1. The zero-order valence-corrected chi connectivity index (χ0v) is 19.1. The number of amides is 3. The Balaban J connectivity index is 2.38. The van der Waals surface area contributed by atoms with Crippen LogP contribution in [-0.4, -0.2) is 30.4 Å². The number of urea groups is 1. The van der Waals surface area contributed by atoms with Crippen molar-refractivity contribution in [3.8, 4) is 0 Å². The van der Waals surface area contributed by atoms with Crippen LogP contribution >= 0.6 is 0 Å². The van der Waals surface area contributed by atoms with E-state index in [0.717, 1.165) is 6.26 Å². The maximum Gasteiger partial charge on any atom is 0.336 e. The zero-order chi connectivity index (χ0) is 23.7. The summed E-state index contributed by atoms with van der Waals surface area (Å²) in [5.74, 6) is -0.788. The summed E-state index contributed by atoms with van der Waals surface area (Å²) in [7, 11) is -4.43. The summed E-state index contributed by atoms with van der Waals surface area (Å²) >= 11 is 0. The van der Waals surface area contributed by atoms with Gasteiger partial charge in [0, 0.05) is 11.3 Å². The molecule has 0 fully saturated rings. The Bertz CT molecular complexity index is 1070. The van der Waals surface area contributed by atoms with Crippen LogP contribution < -0.4 is 15.8 Å². The van der Waals surface area contributed by atoms with Gasteiger partial charge in [-0.05, 0) is 48.9 Å². The van der Waals surface area contributed by atoms with Crippen LogP contribution in [0, 0.1) is 0 Å². The van der Waals surface area contributed by atoms with Crippen LogP contribution in [0.5, 0.6) is 0 Å². The van der Waals surface area contributed by atoms with Crippen molar-refractivity contribution < 1.29 is 27.5 Å². The molecular formula is C20H28N4O6S. The quantitative estimate of drug-likeness (QED) is 0.501. The first-order chi connectivity index (χ1) is 14.1. The molecule has 0 aliphatic rings. The van der Waals surface area contributed by atoms with Crippen molar-refractivity contribution in [3.63, 3.8) is 0 Å². The van der Waals surface area contributed by atoms with Gasteiger partial charge in [-0.3, -0.25) is 4.79 Å². The van der Waals surface area contributed by atoms with E-state index in [2.05, 4.69) is 10.3 Å². The molecule has 0 radical (unpaired) electrons. The molecule has 10 nitrogen and oxygen atoms in total. The van der Waals surface area contributed by atoms with E-state index in [1.165, 1.54) is 13.8 Å². The number of nitrogens with two attached hydrogens (primary N) is 1. The second kappa shape index (κ2) is 8.67. The highest BCUT2D eigenvalue weighted by Crippen LogP contribution is 2.34. The van der Waals surface area contributed by atoms with E-state index in [-0.39, 0.29) is 17.5 Å². The third-order valence-electron chi connectivity index (χ3n) is 4.53. The van der Waals surface area contributed by atoms with Crippen molar-refractivity contribution in [1.82, 2.24) is 9.71 Å². The Hall–Kier alpha value is -2.92.